The summed E-state index contributed by atoms with van der Waals surface area (Å²) in [6.45, 7) is 5.52. The van der Waals surface area contributed by atoms with Crippen LogP contribution in [0.2, 0.25) is 0 Å². The number of carbonyl (C=O) groups is 2. The van der Waals surface area contributed by atoms with Gasteiger partial charge in [-0.2, -0.15) is 0 Å². The number of likely N-dealkylation sites (tertiary alicyclic amines) is 1. The molecule has 0 saturated carbocycles. The fourth-order valence-corrected chi connectivity index (χ4v) is 5.26. The molecular formula is C22H27N3O2S. The zero-order chi connectivity index (χ0) is 19.7. The van der Waals surface area contributed by atoms with E-state index in [9.17, 15) is 9.59 Å². The van der Waals surface area contributed by atoms with Crippen molar-refractivity contribution in [1.82, 2.24) is 9.88 Å². The monoisotopic (exact) mass is 397 g/mol. The molecule has 2 aliphatic rings. The summed E-state index contributed by atoms with van der Waals surface area (Å²) in [5, 5.41) is 2.90. The van der Waals surface area contributed by atoms with Crippen molar-refractivity contribution in [2.75, 3.05) is 18.4 Å². The summed E-state index contributed by atoms with van der Waals surface area (Å²) in [5.41, 5.74) is 2.43. The fraction of sp³-hybridized carbons (Fsp3) is 0.500. The van der Waals surface area contributed by atoms with Crippen molar-refractivity contribution in [2.24, 2.45) is 11.8 Å². The van der Waals surface area contributed by atoms with Gasteiger partial charge in [-0.05, 0) is 68.2 Å². The first-order valence-electron chi connectivity index (χ1n) is 10.1. The summed E-state index contributed by atoms with van der Waals surface area (Å²) in [7, 11) is 0. The second-order valence-corrected chi connectivity index (χ2v) is 9.32. The number of piperidine rings is 1. The lowest BCUT2D eigenvalue weighted by molar-refractivity contribution is -0.121. The Bertz CT molecular complexity index is 866. The number of aromatic nitrogens is 1. The average molecular weight is 398 g/mol. The average Bonchev–Trinajstić information content (AvgIpc) is 3.12. The topological polar surface area (TPSA) is 62.3 Å². The van der Waals surface area contributed by atoms with E-state index < -0.39 is 0 Å². The molecule has 0 aromatic carbocycles. The molecule has 1 saturated heterocycles. The highest BCUT2D eigenvalue weighted by Crippen LogP contribution is 2.33. The molecule has 0 spiro atoms. The van der Waals surface area contributed by atoms with Gasteiger partial charge in [0.2, 0.25) is 5.91 Å². The van der Waals surface area contributed by atoms with Gasteiger partial charge >= 0.3 is 0 Å². The van der Waals surface area contributed by atoms with Crippen LogP contribution in [0.25, 0.3) is 0 Å². The molecule has 0 unspecified atom stereocenters. The van der Waals surface area contributed by atoms with E-state index in [0.29, 0.717) is 37.7 Å². The molecule has 1 atom stereocenters. The highest BCUT2D eigenvalue weighted by atomic mass is 32.1. The lowest BCUT2D eigenvalue weighted by Gasteiger charge is -2.31. The SMILES string of the molecule is Cc1ccc(NC(=O)C2CCN(C(=O)c3cc4c(s3)CC[C@H](C)C4)CC2)nc1. The van der Waals surface area contributed by atoms with Gasteiger partial charge in [0.15, 0.2) is 0 Å². The lowest BCUT2D eigenvalue weighted by Crippen LogP contribution is -2.41. The van der Waals surface area contributed by atoms with Gasteiger partial charge in [-0.3, -0.25) is 9.59 Å². The van der Waals surface area contributed by atoms with Gasteiger partial charge < -0.3 is 10.2 Å². The van der Waals surface area contributed by atoms with E-state index in [2.05, 4.69) is 23.3 Å². The molecule has 1 aliphatic heterocycles. The highest BCUT2D eigenvalue weighted by molar-refractivity contribution is 7.14. The molecule has 0 bridgehead atoms. The van der Waals surface area contributed by atoms with E-state index in [1.807, 2.05) is 24.0 Å². The molecule has 5 nitrogen and oxygen atoms in total. The first-order valence-corrected chi connectivity index (χ1v) is 11.0. The van der Waals surface area contributed by atoms with E-state index in [4.69, 9.17) is 0 Å². The van der Waals surface area contributed by atoms with Crippen LogP contribution in [0.4, 0.5) is 5.82 Å². The number of fused-ring (bicyclic) bond motifs is 1. The van der Waals surface area contributed by atoms with Crippen LogP contribution in [0, 0.1) is 18.8 Å². The van der Waals surface area contributed by atoms with Crippen LogP contribution in [0.5, 0.6) is 0 Å². The molecule has 3 heterocycles. The van der Waals surface area contributed by atoms with Gasteiger partial charge in [0.25, 0.3) is 5.91 Å². The third-order valence-electron chi connectivity index (χ3n) is 5.86. The van der Waals surface area contributed by atoms with Crippen LogP contribution in [-0.4, -0.2) is 34.8 Å². The number of hydrogen-bond donors (Lipinski definition) is 1. The minimum Gasteiger partial charge on any atom is -0.338 e. The summed E-state index contributed by atoms with van der Waals surface area (Å²) < 4.78 is 0. The van der Waals surface area contributed by atoms with Crippen molar-refractivity contribution in [3.8, 4) is 0 Å². The quantitative estimate of drug-likeness (QED) is 0.849. The maximum absolute atomic E-state index is 12.9. The maximum Gasteiger partial charge on any atom is 0.263 e. The molecule has 6 heteroatoms. The molecule has 1 aliphatic carbocycles. The molecule has 2 aromatic heterocycles. The molecule has 2 amide bonds. The van der Waals surface area contributed by atoms with E-state index in [-0.39, 0.29) is 17.7 Å². The highest BCUT2D eigenvalue weighted by Gasteiger charge is 2.29. The molecule has 28 heavy (non-hydrogen) atoms. The number of amides is 2. The Labute approximate surface area is 170 Å². The second-order valence-electron chi connectivity index (χ2n) is 8.18. The Morgan fingerprint density at radius 2 is 2.00 bits per heavy atom. The number of hydrogen-bond acceptors (Lipinski definition) is 4. The number of rotatable bonds is 3. The van der Waals surface area contributed by atoms with Crippen molar-refractivity contribution < 1.29 is 9.59 Å². The molecular weight excluding hydrogens is 370 g/mol. The van der Waals surface area contributed by atoms with E-state index >= 15 is 0 Å². The Hall–Kier alpha value is -2.21. The molecule has 1 N–H and O–H groups in total. The Kier molecular flexibility index (Phi) is 5.49. The number of pyridine rings is 1. The standard InChI is InChI=1S/C22H27N3O2S/c1-14-3-5-18-17(11-14)12-19(28-18)22(27)25-9-7-16(8-10-25)21(26)24-20-6-4-15(2)13-23-20/h4,6,12-14,16H,3,5,7-11H2,1-2H3,(H,23,24,26)/t14-/m0/s1. The molecule has 2 aromatic rings. The number of aryl methyl sites for hydroxylation is 2. The summed E-state index contributed by atoms with van der Waals surface area (Å²) in [6.07, 6.45) is 6.56. The van der Waals surface area contributed by atoms with Crippen molar-refractivity contribution in [1.29, 1.82) is 0 Å². The van der Waals surface area contributed by atoms with Gasteiger partial charge in [-0.1, -0.05) is 13.0 Å². The Morgan fingerprint density at radius 3 is 2.71 bits per heavy atom. The number of nitrogens with one attached hydrogen (secondary N) is 1. The summed E-state index contributed by atoms with van der Waals surface area (Å²) in [6, 6.07) is 5.87. The van der Waals surface area contributed by atoms with Crippen molar-refractivity contribution >= 4 is 29.0 Å². The maximum atomic E-state index is 12.9. The first-order chi connectivity index (χ1) is 13.5. The van der Waals surface area contributed by atoms with Crippen LogP contribution >= 0.6 is 11.3 Å². The number of carbonyl (C=O) groups excluding carboxylic acids is 2. The van der Waals surface area contributed by atoms with Gasteiger partial charge in [0.05, 0.1) is 4.88 Å². The second kappa shape index (κ2) is 8.03. The van der Waals surface area contributed by atoms with Crippen molar-refractivity contribution in [3.05, 3.63) is 45.3 Å². The minimum atomic E-state index is -0.0652. The smallest absolute Gasteiger partial charge is 0.263 e. The first kappa shape index (κ1) is 19.1. The third-order valence-corrected chi connectivity index (χ3v) is 7.08. The zero-order valence-corrected chi connectivity index (χ0v) is 17.3. The van der Waals surface area contributed by atoms with Gasteiger partial charge in [-0.15, -0.1) is 11.3 Å². The molecule has 4 rings (SSSR count). The Morgan fingerprint density at radius 1 is 1.21 bits per heavy atom. The van der Waals surface area contributed by atoms with Gasteiger partial charge in [-0.25, -0.2) is 4.98 Å². The van der Waals surface area contributed by atoms with Crippen LogP contribution in [-0.2, 0) is 17.6 Å². The van der Waals surface area contributed by atoms with Gasteiger partial charge in [0.1, 0.15) is 5.82 Å². The predicted molar refractivity (Wildman–Crippen MR) is 112 cm³/mol. The number of thiophene rings is 1. The van der Waals surface area contributed by atoms with Crippen LogP contribution in [0.15, 0.2) is 24.4 Å². The number of anilines is 1. The molecule has 1 fully saturated rings. The molecule has 0 radical (unpaired) electrons. The molecule has 148 valence electrons. The largest absolute Gasteiger partial charge is 0.338 e. The van der Waals surface area contributed by atoms with Gasteiger partial charge in [0, 0.05) is 30.1 Å². The summed E-state index contributed by atoms with van der Waals surface area (Å²) in [4.78, 5) is 33.8. The summed E-state index contributed by atoms with van der Waals surface area (Å²) in [5.74, 6) is 1.37. The normalized spacial score (nSPS) is 19.9. The minimum absolute atomic E-state index is 0.00373. The van der Waals surface area contributed by atoms with Crippen LogP contribution in [0.1, 0.15) is 51.9 Å². The van der Waals surface area contributed by atoms with Crippen LogP contribution < -0.4 is 5.32 Å². The van der Waals surface area contributed by atoms with E-state index in [0.717, 1.165) is 23.3 Å². The van der Waals surface area contributed by atoms with E-state index in [1.54, 1.807) is 17.5 Å². The number of nitrogens with zero attached hydrogens (tertiary/aromatic N) is 2. The van der Waals surface area contributed by atoms with E-state index in [1.165, 1.54) is 16.9 Å². The van der Waals surface area contributed by atoms with Crippen LogP contribution in [0.3, 0.4) is 0 Å². The third kappa shape index (κ3) is 4.12. The van der Waals surface area contributed by atoms with Crippen molar-refractivity contribution in [2.45, 2.75) is 46.0 Å². The van der Waals surface area contributed by atoms with Crippen molar-refractivity contribution in [3.63, 3.8) is 0 Å². The summed E-state index contributed by atoms with van der Waals surface area (Å²) >= 11 is 1.67. The lowest BCUT2D eigenvalue weighted by atomic mass is 9.90. The zero-order valence-electron chi connectivity index (χ0n) is 16.5. The Balaban J connectivity index is 1.33. The predicted octanol–water partition coefficient (Wildman–Crippen LogP) is 4.07. The fourth-order valence-electron chi connectivity index (χ4n) is 4.08.